The van der Waals surface area contributed by atoms with Crippen molar-refractivity contribution in [1.82, 2.24) is 4.90 Å². The van der Waals surface area contributed by atoms with Crippen LogP contribution in [0.1, 0.15) is 30.5 Å². The van der Waals surface area contributed by atoms with Gasteiger partial charge in [-0.2, -0.15) is 0 Å². The van der Waals surface area contributed by atoms with Gasteiger partial charge in [0.25, 0.3) is 0 Å². The number of carbonyl (C=O) groups excluding carboxylic acids is 1. The highest BCUT2D eigenvalue weighted by atomic mass is 31.2. The standard InChI is InChI=1S/C22H28NO6P/c1-16-21(30(26,27-2)28-3)20(24)14-19(18-12-8-5-9-13-18)23(16)22(25)29-15-17-10-6-4-7-11-17/h4-13,16,19-21,24H,14-15H2,1-3H3/t16-,19+,20?,21?/m0/s1. The third-order valence-corrected chi connectivity index (χ3v) is 8.13. The molecule has 0 spiro atoms. The molecule has 1 saturated heterocycles. The van der Waals surface area contributed by atoms with E-state index >= 15 is 0 Å². The Labute approximate surface area is 177 Å². The molecule has 0 bridgehead atoms. The molecule has 0 saturated carbocycles. The van der Waals surface area contributed by atoms with E-state index in [1.54, 1.807) is 11.8 Å². The van der Waals surface area contributed by atoms with Crippen LogP contribution >= 0.6 is 7.60 Å². The molecule has 162 valence electrons. The second-order valence-electron chi connectivity index (χ2n) is 7.31. The van der Waals surface area contributed by atoms with Crippen LogP contribution in [0.5, 0.6) is 0 Å². The van der Waals surface area contributed by atoms with Crippen molar-refractivity contribution in [2.45, 2.75) is 43.8 Å². The average molecular weight is 433 g/mol. The minimum absolute atomic E-state index is 0.115. The third kappa shape index (κ3) is 4.60. The van der Waals surface area contributed by atoms with E-state index in [0.29, 0.717) is 0 Å². The van der Waals surface area contributed by atoms with Crippen molar-refractivity contribution in [2.75, 3.05) is 14.2 Å². The summed E-state index contributed by atoms with van der Waals surface area (Å²) in [6.45, 7) is 1.85. The Hall–Kier alpha value is -2.18. The predicted octanol–water partition coefficient (Wildman–Crippen LogP) is 4.37. The van der Waals surface area contributed by atoms with Gasteiger partial charge in [0.05, 0.1) is 12.1 Å². The molecule has 1 aliphatic rings. The lowest BCUT2D eigenvalue weighted by atomic mass is 9.89. The Balaban J connectivity index is 1.91. The summed E-state index contributed by atoms with van der Waals surface area (Å²) in [4.78, 5) is 14.7. The highest BCUT2D eigenvalue weighted by Crippen LogP contribution is 2.58. The van der Waals surface area contributed by atoms with Gasteiger partial charge in [-0.1, -0.05) is 60.7 Å². The van der Waals surface area contributed by atoms with Gasteiger partial charge in [0.2, 0.25) is 0 Å². The first-order valence-corrected chi connectivity index (χ1v) is 11.5. The Morgan fingerprint density at radius 1 is 1.07 bits per heavy atom. The maximum Gasteiger partial charge on any atom is 0.410 e. The van der Waals surface area contributed by atoms with Gasteiger partial charge in [-0.05, 0) is 24.5 Å². The number of likely N-dealkylation sites (tertiary alicyclic amines) is 1. The predicted molar refractivity (Wildman–Crippen MR) is 113 cm³/mol. The molecular weight excluding hydrogens is 405 g/mol. The van der Waals surface area contributed by atoms with Gasteiger partial charge in [-0.15, -0.1) is 0 Å². The number of hydrogen-bond acceptors (Lipinski definition) is 6. The molecule has 0 aromatic heterocycles. The Bertz CT molecular complexity index is 870. The van der Waals surface area contributed by atoms with Crippen molar-refractivity contribution < 1.29 is 28.3 Å². The number of rotatable bonds is 6. The zero-order valence-corrected chi connectivity index (χ0v) is 18.3. The van der Waals surface area contributed by atoms with Crippen LogP contribution in [0.25, 0.3) is 0 Å². The Kier molecular flexibility index (Phi) is 7.32. The molecule has 1 fully saturated rings. The minimum Gasteiger partial charge on any atom is -0.445 e. The minimum atomic E-state index is -3.64. The molecule has 0 aliphatic carbocycles. The van der Waals surface area contributed by atoms with Crippen LogP contribution in [0.3, 0.4) is 0 Å². The van der Waals surface area contributed by atoms with Crippen LogP contribution in [0.15, 0.2) is 60.7 Å². The number of amides is 1. The smallest absolute Gasteiger partial charge is 0.410 e. The summed E-state index contributed by atoms with van der Waals surface area (Å²) >= 11 is 0. The molecule has 4 atom stereocenters. The normalized spacial score (nSPS) is 24.5. The van der Waals surface area contributed by atoms with Crippen LogP contribution in [0.4, 0.5) is 4.79 Å². The number of ether oxygens (including phenoxy) is 1. The lowest BCUT2D eigenvalue weighted by molar-refractivity contribution is -0.00383. The van der Waals surface area contributed by atoms with Crippen LogP contribution < -0.4 is 0 Å². The maximum atomic E-state index is 13.2. The first-order chi connectivity index (χ1) is 14.4. The molecule has 8 heteroatoms. The average Bonchev–Trinajstić information content (AvgIpc) is 2.78. The lowest BCUT2D eigenvalue weighted by Gasteiger charge is -2.47. The quantitative estimate of drug-likeness (QED) is 0.681. The largest absolute Gasteiger partial charge is 0.445 e. The van der Waals surface area contributed by atoms with Crippen molar-refractivity contribution in [2.24, 2.45) is 0 Å². The summed E-state index contributed by atoms with van der Waals surface area (Å²) in [6.07, 6.45) is -1.33. The Morgan fingerprint density at radius 2 is 1.63 bits per heavy atom. The van der Waals surface area contributed by atoms with Gasteiger partial charge in [0.15, 0.2) is 0 Å². The van der Waals surface area contributed by atoms with Crippen molar-refractivity contribution in [3.05, 3.63) is 71.8 Å². The van der Waals surface area contributed by atoms with E-state index in [1.165, 1.54) is 14.2 Å². The van der Waals surface area contributed by atoms with Crippen LogP contribution in [-0.2, 0) is 25.0 Å². The van der Waals surface area contributed by atoms with Crippen molar-refractivity contribution in [3.8, 4) is 0 Å². The van der Waals surface area contributed by atoms with E-state index in [-0.39, 0.29) is 13.0 Å². The van der Waals surface area contributed by atoms with E-state index < -0.39 is 37.5 Å². The summed E-state index contributed by atoms with van der Waals surface area (Å²) in [5, 5.41) is 10.9. The second-order valence-corrected chi connectivity index (χ2v) is 9.72. The van der Waals surface area contributed by atoms with E-state index in [1.807, 2.05) is 60.7 Å². The highest BCUT2D eigenvalue weighted by Gasteiger charge is 2.52. The van der Waals surface area contributed by atoms with Crippen LogP contribution in [0.2, 0.25) is 0 Å². The first-order valence-electron chi connectivity index (χ1n) is 9.84. The second kappa shape index (κ2) is 9.75. The molecule has 1 heterocycles. The van der Waals surface area contributed by atoms with Crippen LogP contribution in [0, 0.1) is 0 Å². The molecule has 1 N–H and O–H groups in total. The van der Waals surface area contributed by atoms with Gasteiger partial charge >= 0.3 is 13.7 Å². The zero-order valence-electron chi connectivity index (χ0n) is 17.4. The maximum absolute atomic E-state index is 13.2. The lowest BCUT2D eigenvalue weighted by Crippen LogP contribution is -2.56. The van der Waals surface area contributed by atoms with Crippen LogP contribution in [-0.4, -0.2) is 48.1 Å². The number of carbonyl (C=O) groups is 1. The summed E-state index contributed by atoms with van der Waals surface area (Å²) in [6, 6.07) is 17.7. The molecule has 30 heavy (non-hydrogen) atoms. The monoisotopic (exact) mass is 433 g/mol. The van der Waals surface area contributed by atoms with E-state index in [2.05, 4.69) is 0 Å². The fourth-order valence-corrected chi connectivity index (χ4v) is 5.96. The SMILES string of the molecule is COP(=O)(OC)C1C(O)C[C@H](c2ccccc2)N(C(=O)OCc2ccccc2)[C@H]1C. The van der Waals surface area contributed by atoms with Crippen molar-refractivity contribution in [3.63, 3.8) is 0 Å². The van der Waals surface area contributed by atoms with Gasteiger partial charge in [0.1, 0.15) is 12.3 Å². The number of piperidine rings is 1. The molecule has 7 nitrogen and oxygen atoms in total. The van der Waals surface area contributed by atoms with Crippen molar-refractivity contribution >= 4 is 13.7 Å². The molecule has 1 amide bonds. The number of nitrogens with zero attached hydrogens (tertiary/aromatic N) is 1. The van der Waals surface area contributed by atoms with Gasteiger partial charge < -0.3 is 18.9 Å². The van der Waals surface area contributed by atoms with E-state index in [4.69, 9.17) is 13.8 Å². The molecule has 2 aromatic rings. The Morgan fingerprint density at radius 3 is 2.20 bits per heavy atom. The summed E-state index contributed by atoms with van der Waals surface area (Å²) in [7, 11) is -1.07. The molecule has 3 rings (SSSR count). The summed E-state index contributed by atoms with van der Waals surface area (Å²) in [5.41, 5.74) is 0.836. The highest BCUT2D eigenvalue weighted by molar-refractivity contribution is 7.54. The molecule has 2 unspecified atom stereocenters. The first kappa shape index (κ1) is 22.5. The molecule has 2 aromatic carbocycles. The molecule has 1 aliphatic heterocycles. The third-order valence-electron chi connectivity index (χ3n) is 5.60. The van der Waals surface area contributed by atoms with Gasteiger partial charge in [0, 0.05) is 20.3 Å². The zero-order chi connectivity index (χ0) is 21.7. The number of aliphatic hydroxyl groups is 1. The molecular formula is C22H28NO6P. The summed E-state index contributed by atoms with van der Waals surface area (Å²) in [5.74, 6) is 0. The number of benzene rings is 2. The van der Waals surface area contributed by atoms with Gasteiger partial charge in [-0.25, -0.2) is 4.79 Å². The number of aliphatic hydroxyl groups excluding tert-OH is 1. The van der Waals surface area contributed by atoms with E-state index in [9.17, 15) is 14.5 Å². The molecule has 0 radical (unpaired) electrons. The topological polar surface area (TPSA) is 85.3 Å². The van der Waals surface area contributed by atoms with E-state index in [0.717, 1.165) is 11.1 Å². The van der Waals surface area contributed by atoms with Gasteiger partial charge in [-0.3, -0.25) is 9.46 Å². The van der Waals surface area contributed by atoms with Crippen molar-refractivity contribution in [1.29, 1.82) is 0 Å². The fraction of sp³-hybridized carbons (Fsp3) is 0.409. The summed E-state index contributed by atoms with van der Waals surface area (Å²) < 4.78 is 29.0. The fourth-order valence-electron chi connectivity index (χ4n) is 4.10. The number of hydrogen-bond donors (Lipinski definition) is 1.